The fraction of sp³-hybridized carbons (Fsp3) is 0.500. The molecule has 9 heteroatoms. The summed E-state index contributed by atoms with van der Waals surface area (Å²) in [4.78, 5) is 59.2. The van der Waals surface area contributed by atoms with E-state index in [1.165, 1.54) is 50.3 Å². The molecule has 5 rings (SSSR count). The minimum atomic E-state index is -0.643. The highest BCUT2D eigenvalue weighted by Gasteiger charge is 2.46. The monoisotopic (exact) mass is 533 g/mol. The van der Waals surface area contributed by atoms with Gasteiger partial charge in [-0.15, -0.1) is 0 Å². The number of urea groups is 1. The molecule has 2 aliphatic heterocycles. The quantitative estimate of drug-likeness (QED) is 0.571. The van der Waals surface area contributed by atoms with Gasteiger partial charge in [0.1, 0.15) is 12.2 Å². The van der Waals surface area contributed by atoms with E-state index in [-0.39, 0.29) is 43.1 Å². The predicted octanol–water partition coefficient (Wildman–Crippen LogP) is 4.49. The molecule has 3 aliphatic rings. The first-order chi connectivity index (χ1) is 18.8. The number of Topliss-reactive ketones (excluding diaryl/α,β-unsaturated/α-hetero) is 1. The average molecular weight is 534 g/mol. The maximum Gasteiger partial charge on any atom is 0.323 e. The van der Waals surface area contributed by atoms with Crippen LogP contribution in [0.5, 0.6) is 0 Å². The Morgan fingerprint density at radius 1 is 1.00 bits per heavy atom. The number of rotatable bonds is 5. The summed E-state index contributed by atoms with van der Waals surface area (Å²) >= 11 is 0. The zero-order valence-corrected chi connectivity index (χ0v) is 23.0. The van der Waals surface area contributed by atoms with Crippen LogP contribution in [0.1, 0.15) is 74.7 Å². The third-order valence-electron chi connectivity index (χ3n) is 7.70. The van der Waals surface area contributed by atoms with Crippen molar-refractivity contribution in [2.24, 2.45) is 0 Å². The molecule has 0 bridgehead atoms. The van der Waals surface area contributed by atoms with E-state index in [4.69, 9.17) is 0 Å². The fourth-order valence-electron chi connectivity index (χ4n) is 5.43. The van der Waals surface area contributed by atoms with E-state index in [1.54, 1.807) is 53.4 Å². The van der Waals surface area contributed by atoms with E-state index in [2.05, 4.69) is 10.3 Å². The number of hydrogen-bond donors (Lipinski definition) is 1. The molecular formula is C30H39N5O4. The topological polar surface area (TPSA) is 103 Å². The van der Waals surface area contributed by atoms with Crippen molar-refractivity contribution in [3.8, 4) is 0 Å². The van der Waals surface area contributed by atoms with Gasteiger partial charge < -0.3 is 20.0 Å². The minimum Gasteiger partial charge on any atom is -0.337 e. The summed E-state index contributed by atoms with van der Waals surface area (Å²) in [5, 5.41) is 2.85. The van der Waals surface area contributed by atoms with E-state index in [1.807, 2.05) is 12.1 Å². The van der Waals surface area contributed by atoms with Crippen molar-refractivity contribution in [1.82, 2.24) is 19.7 Å². The van der Waals surface area contributed by atoms with Crippen LogP contribution in [0.3, 0.4) is 0 Å². The maximum atomic E-state index is 13.1. The molecule has 3 heterocycles. The molecule has 2 atom stereocenters. The number of pyridine rings is 1. The zero-order chi connectivity index (χ0) is 27.8. The van der Waals surface area contributed by atoms with Gasteiger partial charge in [-0.3, -0.25) is 19.4 Å². The van der Waals surface area contributed by atoms with Gasteiger partial charge in [-0.1, -0.05) is 44.6 Å². The van der Waals surface area contributed by atoms with Gasteiger partial charge in [0.2, 0.25) is 11.8 Å². The molecule has 1 aromatic heterocycles. The molecule has 208 valence electrons. The summed E-state index contributed by atoms with van der Waals surface area (Å²) in [6.45, 7) is 4.21. The summed E-state index contributed by atoms with van der Waals surface area (Å²) in [5.41, 5.74) is 2.14. The lowest BCUT2D eigenvalue weighted by atomic mass is 10.0. The van der Waals surface area contributed by atoms with Crippen molar-refractivity contribution in [2.45, 2.75) is 77.4 Å². The fourth-order valence-corrected chi connectivity index (χ4v) is 5.43. The van der Waals surface area contributed by atoms with E-state index >= 15 is 0 Å². The molecule has 39 heavy (non-hydrogen) atoms. The number of nitrogens with zero attached hydrogens (tertiary/aromatic N) is 4. The number of ketones is 1. The van der Waals surface area contributed by atoms with Gasteiger partial charge in [0.25, 0.3) is 0 Å². The van der Waals surface area contributed by atoms with E-state index in [0.717, 1.165) is 5.56 Å². The van der Waals surface area contributed by atoms with Crippen LogP contribution in [0, 0.1) is 0 Å². The smallest absolute Gasteiger partial charge is 0.323 e. The number of nitrogens with one attached hydrogen (secondary N) is 1. The van der Waals surface area contributed by atoms with Crippen LogP contribution in [0.15, 0.2) is 48.8 Å². The Morgan fingerprint density at radius 3 is 2.26 bits per heavy atom. The Balaban J connectivity index is 0.000000519. The highest BCUT2D eigenvalue weighted by molar-refractivity contribution is 5.96. The van der Waals surface area contributed by atoms with E-state index in [9.17, 15) is 19.2 Å². The van der Waals surface area contributed by atoms with Gasteiger partial charge in [0, 0.05) is 43.2 Å². The summed E-state index contributed by atoms with van der Waals surface area (Å²) in [5.74, 6) is -0.293. The van der Waals surface area contributed by atoms with Gasteiger partial charge in [-0.25, -0.2) is 4.79 Å². The largest absolute Gasteiger partial charge is 0.337 e. The second kappa shape index (κ2) is 13.4. The Bertz CT molecular complexity index is 1140. The Labute approximate surface area is 230 Å². The number of carbonyl (C=O) groups excluding carboxylic acids is 4. The van der Waals surface area contributed by atoms with Crippen molar-refractivity contribution < 1.29 is 19.2 Å². The summed E-state index contributed by atoms with van der Waals surface area (Å²) in [6.07, 6.45) is 12.7. The Morgan fingerprint density at radius 2 is 1.67 bits per heavy atom. The highest BCUT2D eigenvalue weighted by Crippen LogP contribution is 2.26. The van der Waals surface area contributed by atoms with E-state index < -0.39 is 12.2 Å². The number of aromatic nitrogens is 1. The number of benzene rings is 1. The van der Waals surface area contributed by atoms with Crippen LogP contribution in [0.25, 0.3) is 0 Å². The van der Waals surface area contributed by atoms with Crippen molar-refractivity contribution in [3.05, 3.63) is 59.9 Å². The lowest BCUT2D eigenvalue weighted by molar-refractivity contribution is -0.165. The van der Waals surface area contributed by atoms with Crippen LogP contribution in [-0.4, -0.2) is 75.2 Å². The molecule has 9 nitrogen and oxygen atoms in total. The molecule has 3 fully saturated rings. The lowest BCUT2D eigenvalue weighted by Gasteiger charge is -2.51. The Hall–Kier alpha value is -3.75. The lowest BCUT2D eigenvalue weighted by Crippen LogP contribution is -2.71. The molecule has 2 aromatic rings. The third-order valence-corrected chi connectivity index (χ3v) is 7.70. The SMILES string of the molecule is C1CCCCC1.CC(=O)c1ccc(NC(=O)N2CCC(=O)N3[C@@H]2CN(CCc2cccnc2)C(=O)[C@@H]3C)cc1. The molecule has 1 aliphatic carbocycles. The van der Waals surface area contributed by atoms with Crippen molar-refractivity contribution in [3.63, 3.8) is 0 Å². The first kappa shape index (κ1) is 28.3. The zero-order valence-electron chi connectivity index (χ0n) is 23.0. The number of amides is 4. The standard InChI is InChI=1S/C24H27N5O4.C6H12/c1-16-23(32)27(12-9-18-4-3-11-25-14-18)15-21-28(13-10-22(31)29(16)21)24(33)26-20-7-5-19(6-8-20)17(2)30;1-2-4-6-5-3-1/h3-8,11,14,16,21H,9-10,12-13,15H2,1-2H3,(H,26,33);1-6H2/t16-,21+;/m0./s1. The first-order valence-electron chi connectivity index (χ1n) is 14.0. The molecule has 0 radical (unpaired) electrons. The normalized spacial score (nSPS) is 21.0. The van der Waals surface area contributed by atoms with Crippen LogP contribution in [-0.2, 0) is 16.0 Å². The second-order valence-corrected chi connectivity index (χ2v) is 10.5. The van der Waals surface area contributed by atoms with Crippen molar-refractivity contribution in [2.75, 3.05) is 25.0 Å². The molecule has 1 saturated carbocycles. The van der Waals surface area contributed by atoms with Gasteiger partial charge in [-0.2, -0.15) is 0 Å². The number of carbonyl (C=O) groups is 4. The highest BCUT2D eigenvalue weighted by atomic mass is 16.2. The predicted molar refractivity (Wildman–Crippen MR) is 149 cm³/mol. The third kappa shape index (κ3) is 7.22. The molecule has 0 unspecified atom stereocenters. The Kier molecular flexibility index (Phi) is 9.68. The first-order valence-corrected chi connectivity index (χ1v) is 14.0. The van der Waals surface area contributed by atoms with Gasteiger partial charge in [0.05, 0.1) is 6.54 Å². The van der Waals surface area contributed by atoms with Crippen molar-refractivity contribution in [1.29, 1.82) is 0 Å². The van der Waals surface area contributed by atoms with Gasteiger partial charge in [-0.05, 0) is 56.2 Å². The minimum absolute atomic E-state index is 0.0507. The summed E-state index contributed by atoms with van der Waals surface area (Å²) < 4.78 is 0. The number of hydrogen-bond acceptors (Lipinski definition) is 5. The van der Waals surface area contributed by atoms with Crippen molar-refractivity contribution >= 4 is 29.3 Å². The summed E-state index contributed by atoms with van der Waals surface area (Å²) in [7, 11) is 0. The maximum absolute atomic E-state index is 13.1. The molecule has 2 saturated heterocycles. The number of piperazine rings is 1. The van der Waals surface area contributed by atoms with Crippen LogP contribution in [0.4, 0.5) is 10.5 Å². The molecular weight excluding hydrogens is 494 g/mol. The molecule has 1 N–H and O–H groups in total. The molecule has 0 spiro atoms. The van der Waals surface area contributed by atoms with Crippen LogP contribution in [0.2, 0.25) is 0 Å². The number of fused-ring (bicyclic) bond motifs is 1. The molecule has 4 amide bonds. The average Bonchev–Trinajstić information content (AvgIpc) is 2.96. The summed E-state index contributed by atoms with van der Waals surface area (Å²) in [6, 6.07) is 9.49. The van der Waals surface area contributed by atoms with Gasteiger partial charge >= 0.3 is 6.03 Å². The van der Waals surface area contributed by atoms with Crippen LogP contribution >= 0.6 is 0 Å². The number of anilines is 1. The van der Waals surface area contributed by atoms with Crippen LogP contribution < -0.4 is 5.32 Å². The second-order valence-electron chi connectivity index (χ2n) is 10.5. The van der Waals surface area contributed by atoms with E-state index in [0.29, 0.717) is 24.2 Å². The van der Waals surface area contributed by atoms with Gasteiger partial charge in [0.15, 0.2) is 5.78 Å². The molecule has 1 aromatic carbocycles.